The number of nitrogens with zero attached hydrogens (tertiary/aromatic N) is 1. The SMILES string of the molecule is CC1CC(C)CN(S(=O)(=O)c2c[nH]c(CCl)c2)C1. The third kappa shape index (κ3) is 2.73. The van der Waals surface area contributed by atoms with E-state index in [1.165, 1.54) is 6.20 Å². The van der Waals surface area contributed by atoms with Gasteiger partial charge in [0, 0.05) is 25.0 Å². The monoisotopic (exact) mass is 290 g/mol. The maximum absolute atomic E-state index is 12.5. The van der Waals surface area contributed by atoms with Crippen LogP contribution in [0.1, 0.15) is 26.0 Å². The van der Waals surface area contributed by atoms with Crippen LogP contribution >= 0.6 is 11.6 Å². The predicted molar refractivity (Wildman–Crippen MR) is 72.1 cm³/mol. The molecule has 1 saturated heterocycles. The molecule has 0 saturated carbocycles. The molecule has 2 rings (SSSR count). The molecule has 0 aromatic carbocycles. The molecule has 1 aromatic rings. The number of hydrogen-bond acceptors (Lipinski definition) is 2. The Morgan fingerprint density at radius 2 is 2.00 bits per heavy atom. The minimum atomic E-state index is -3.37. The molecule has 1 N–H and O–H groups in total. The van der Waals surface area contributed by atoms with E-state index in [-0.39, 0.29) is 0 Å². The second kappa shape index (κ2) is 5.23. The Morgan fingerprint density at radius 1 is 1.39 bits per heavy atom. The number of H-pyrrole nitrogens is 1. The molecule has 0 radical (unpaired) electrons. The van der Waals surface area contributed by atoms with Gasteiger partial charge in [-0.25, -0.2) is 8.42 Å². The van der Waals surface area contributed by atoms with Gasteiger partial charge in [-0.05, 0) is 24.3 Å². The zero-order chi connectivity index (χ0) is 13.3. The molecule has 0 spiro atoms. The van der Waals surface area contributed by atoms with Crippen LogP contribution in [0.2, 0.25) is 0 Å². The Labute approximate surface area is 113 Å². The lowest BCUT2D eigenvalue weighted by Crippen LogP contribution is -2.42. The first-order valence-corrected chi connectivity index (χ1v) is 8.14. The molecule has 1 aliphatic rings. The summed E-state index contributed by atoms with van der Waals surface area (Å²) in [6.45, 7) is 5.40. The first-order chi connectivity index (χ1) is 8.43. The molecule has 1 fully saturated rings. The highest BCUT2D eigenvalue weighted by atomic mass is 35.5. The lowest BCUT2D eigenvalue weighted by molar-refractivity contribution is 0.222. The van der Waals surface area contributed by atoms with Crippen LogP contribution in [0.3, 0.4) is 0 Å². The van der Waals surface area contributed by atoms with Crippen LogP contribution in [-0.2, 0) is 15.9 Å². The van der Waals surface area contributed by atoms with Gasteiger partial charge in [-0.2, -0.15) is 4.31 Å². The summed E-state index contributed by atoms with van der Waals surface area (Å²) in [6.07, 6.45) is 2.61. The Hall–Kier alpha value is -0.520. The van der Waals surface area contributed by atoms with Gasteiger partial charge in [-0.1, -0.05) is 13.8 Å². The molecule has 18 heavy (non-hydrogen) atoms. The number of aromatic amines is 1. The van der Waals surface area contributed by atoms with Crippen LogP contribution in [0.5, 0.6) is 0 Å². The molecule has 0 aliphatic carbocycles. The first-order valence-electron chi connectivity index (χ1n) is 6.17. The van der Waals surface area contributed by atoms with E-state index >= 15 is 0 Å². The van der Waals surface area contributed by atoms with Gasteiger partial charge < -0.3 is 4.98 Å². The van der Waals surface area contributed by atoms with Crippen molar-refractivity contribution >= 4 is 21.6 Å². The van der Waals surface area contributed by atoms with Crippen molar-refractivity contribution in [3.05, 3.63) is 18.0 Å². The summed E-state index contributed by atoms with van der Waals surface area (Å²) in [5.74, 6) is 1.12. The number of halogens is 1. The summed E-state index contributed by atoms with van der Waals surface area (Å²) in [5, 5.41) is 0. The van der Waals surface area contributed by atoms with E-state index in [0.717, 1.165) is 12.1 Å². The molecule has 2 heterocycles. The Morgan fingerprint density at radius 3 is 2.50 bits per heavy atom. The van der Waals surface area contributed by atoms with Gasteiger partial charge in [0.25, 0.3) is 0 Å². The van der Waals surface area contributed by atoms with Crippen molar-refractivity contribution < 1.29 is 8.42 Å². The fourth-order valence-corrected chi connectivity index (χ4v) is 4.45. The quantitative estimate of drug-likeness (QED) is 0.869. The third-order valence-corrected chi connectivity index (χ3v) is 5.43. The summed E-state index contributed by atoms with van der Waals surface area (Å²) in [6, 6.07) is 1.62. The lowest BCUT2D eigenvalue weighted by Gasteiger charge is -2.33. The van der Waals surface area contributed by atoms with Gasteiger partial charge in [0.1, 0.15) is 0 Å². The van der Waals surface area contributed by atoms with E-state index in [9.17, 15) is 8.42 Å². The fourth-order valence-electron chi connectivity index (χ4n) is 2.60. The third-order valence-electron chi connectivity index (χ3n) is 3.33. The minimum absolute atomic E-state index is 0.294. The molecule has 4 nitrogen and oxygen atoms in total. The highest BCUT2D eigenvalue weighted by Crippen LogP contribution is 2.27. The van der Waals surface area contributed by atoms with Crippen molar-refractivity contribution in [2.24, 2.45) is 11.8 Å². The van der Waals surface area contributed by atoms with Crippen molar-refractivity contribution in [2.75, 3.05) is 13.1 Å². The summed E-state index contributed by atoms with van der Waals surface area (Å²) >= 11 is 5.68. The predicted octanol–water partition coefficient (Wildman–Crippen LogP) is 2.42. The van der Waals surface area contributed by atoms with Crippen molar-refractivity contribution in [1.29, 1.82) is 0 Å². The summed E-state index contributed by atoms with van der Waals surface area (Å²) in [7, 11) is -3.37. The first kappa shape index (κ1) is 13.9. The molecule has 2 atom stereocenters. The van der Waals surface area contributed by atoms with Crippen LogP contribution in [-0.4, -0.2) is 30.8 Å². The summed E-state index contributed by atoms with van der Waals surface area (Å²) in [5.41, 5.74) is 0.730. The number of rotatable bonds is 3. The van der Waals surface area contributed by atoms with Gasteiger partial charge in [0.15, 0.2) is 0 Å². The van der Waals surface area contributed by atoms with E-state index < -0.39 is 10.0 Å². The summed E-state index contributed by atoms with van der Waals surface area (Å²) < 4.78 is 26.5. The number of alkyl halides is 1. The van der Waals surface area contributed by atoms with E-state index in [1.807, 2.05) is 0 Å². The number of hydrogen-bond donors (Lipinski definition) is 1. The van der Waals surface area contributed by atoms with E-state index in [1.54, 1.807) is 10.4 Å². The Kier molecular flexibility index (Phi) is 4.04. The van der Waals surface area contributed by atoms with Crippen LogP contribution in [0.4, 0.5) is 0 Å². The van der Waals surface area contributed by atoms with Gasteiger partial charge in [0.05, 0.1) is 10.8 Å². The van der Waals surface area contributed by atoms with Crippen LogP contribution in [0.15, 0.2) is 17.2 Å². The highest BCUT2D eigenvalue weighted by molar-refractivity contribution is 7.89. The maximum Gasteiger partial charge on any atom is 0.244 e. The van der Waals surface area contributed by atoms with Crippen molar-refractivity contribution in [2.45, 2.75) is 31.0 Å². The molecule has 102 valence electrons. The molecule has 2 unspecified atom stereocenters. The van der Waals surface area contributed by atoms with Gasteiger partial charge in [0.2, 0.25) is 10.0 Å². The molecule has 1 aliphatic heterocycles. The smallest absolute Gasteiger partial charge is 0.244 e. The van der Waals surface area contributed by atoms with Crippen LogP contribution in [0, 0.1) is 11.8 Å². The second-order valence-corrected chi connectivity index (χ2v) is 7.47. The highest BCUT2D eigenvalue weighted by Gasteiger charge is 2.32. The Bertz CT molecular complexity index is 502. The molecule has 0 bridgehead atoms. The summed E-state index contributed by atoms with van der Waals surface area (Å²) in [4.78, 5) is 3.20. The largest absolute Gasteiger partial charge is 0.363 e. The number of piperidine rings is 1. The molecule has 6 heteroatoms. The second-order valence-electron chi connectivity index (χ2n) is 5.26. The van der Waals surface area contributed by atoms with Gasteiger partial charge in [-0.15, -0.1) is 11.6 Å². The fraction of sp³-hybridized carbons (Fsp3) is 0.667. The number of nitrogens with one attached hydrogen (secondary N) is 1. The molecular weight excluding hydrogens is 272 g/mol. The average Bonchev–Trinajstić information content (AvgIpc) is 2.76. The number of sulfonamides is 1. The Balaban J connectivity index is 2.25. The maximum atomic E-state index is 12.5. The van der Waals surface area contributed by atoms with E-state index in [0.29, 0.717) is 35.7 Å². The van der Waals surface area contributed by atoms with Crippen molar-refractivity contribution in [1.82, 2.24) is 9.29 Å². The lowest BCUT2D eigenvalue weighted by atomic mass is 9.94. The van der Waals surface area contributed by atoms with Crippen molar-refractivity contribution in [3.63, 3.8) is 0 Å². The van der Waals surface area contributed by atoms with Crippen molar-refractivity contribution in [3.8, 4) is 0 Å². The standard InChI is InChI=1S/C12H19ClN2O2S/c1-9-3-10(2)8-15(7-9)18(16,17)12-4-11(5-13)14-6-12/h4,6,9-10,14H,3,5,7-8H2,1-2H3. The zero-order valence-electron chi connectivity index (χ0n) is 10.7. The van der Waals surface area contributed by atoms with E-state index in [2.05, 4.69) is 18.8 Å². The van der Waals surface area contributed by atoms with Crippen LogP contribution in [0.25, 0.3) is 0 Å². The zero-order valence-corrected chi connectivity index (χ0v) is 12.3. The van der Waals surface area contributed by atoms with Gasteiger partial charge >= 0.3 is 0 Å². The van der Waals surface area contributed by atoms with Gasteiger partial charge in [-0.3, -0.25) is 0 Å². The molecular formula is C12H19ClN2O2S. The average molecular weight is 291 g/mol. The normalized spacial score (nSPS) is 26.4. The minimum Gasteiger partial charge on any atom is -0.363 e. The topological polar surface area (TPSA) is 53.2 Å². The molecule has 1 aromatic heterocycles. The molecule has 0 amide bonds. The van der Waals surface area contributed by atoms with Crippen LogP contribution < -0.4 is 0 Å². The van der Waals surface area contributed by atoms with E-state index in [4.69, 9.17) is 11.6 Å². The number of aromatic nitrogens is 1.